The van der Waals surface area contributed by atoms with E-state index in [0.717, 1.165) is 25.7 Å². The van der Waals surface area contributed by atoms with E-state index in [2.05, 4.69) is 19.1 Å². The molecule has 5 heteroatoms. The van der Waals surface area contributed by atoms with Gasteiger partial charge in [-0.1, -0.05) is 38.3 Å². The molecular formula is C18H34O5. The summed E-state index contributed by atoms with van der Waals surface area (Å²) in [5.41, 5.74) is 0. The van der Waals surface area contributed by atoms with Crippen molar-refractivity contribution in [1.29, 1.82) is 0 Å². The van der Waals surface area contributed by atoms with Gasteiger partial charge in [-0.15, -0.1) is 0 Å². The third-order valence-electron chi connectivity index (χ3n) is 4.16. The highest BCUT2D eigenvalue weighted by molar-refractivity contribution is 4.87. The number of hydrogen-bond acceptors (Lipinski definition) is 5. The topological polar surface area (TPSA) is 79.2 Å². The van der Waals surface area contributed by atoms with Crippen LogP contribution in [0.4, 0.5) is 0 Å². The van der Waals surface area contributed by atoms with E-state index in [-0.39, 0.29) is 13.2 Å². The fraction of sp³-hybridized carbons (Fsp3) is 0.889. The molecule has 0 spiro atoms. The fourth-order valence-electron chi connectivity index (χ4n) is 2.65. The third-order valence-corrected chi connectivity index (χ3v) is 4.16. The average Bonchev–Trinajstić information content (AvgIpc) is 2.88. The number of rotatable bonds is 13. The van der Waals surface area contributed by atoms with E-state index < -0.39 is 24.4 Å². The minimum atomic E-state index is -1.03. The molecule has 1 heterocycles. The Hall–Kier alpha value is -0.460. The van der Waals surface area contributed by atoms with Crippen LogP contribution in [0.2, 0.25) is 0 Å². The van der Waals surface area contributed by atoms with Gasteiger partial charge in [-0.3, -0.25) is 0 Å². The fourth-order valence-corrected chi connectivity index (χ4v) is 2.65. The zero-order valence-electron chi connectivity index (χ0n) is 14.4. The maximum atomic E-state index is 9.87. The average molecular weight is 330 g/mol. The van der Waals surface area contributed by atoms with Crippen molar-refractivity contribution in [1.82, 2.24) is 0 Å². The molecule has 0 aromatic rings. The Morgan fingerprint density at radius 1 is 1.09 bits per heavy atom. The lowest BCUT2D eigenvalue weighted by Crippen LogP contribution is -2.40. The summed E-state index contributed by atoms with van der Waals surface area (Å²) in [5.74, 6) is 0. The molecule has 1 aliphatic heterocycles. The molecule has 0 unspecified atom stereocenters. The molecule has 0 aromatic carbocycles. The van der Waals surface area contributed by atoms with Crippen LogP contribution in [0.15, 0.2) is 12.2 Å². The van der Waals surface area contributed by atoms with Gasteiger partial charge in [0.1, 0.15) is 24.4 Å². The molecule has 5 nitrogen and oxygen atoms in total. The van der Waals surface area contributed by atoms with E-state index in [1.807, 2.05) is 0 Å². The summed E-state index contributed by atoms with van der Waals surface area (Å²) < 4.78 is 10.6. The zero-order chi connectivity index (χ0) is 16.9. The predicted molar refractivity (Wildman–Crippen MR) is 90.3 cm³/mol. The molecule has 1 rings (SSSR count). The lowest BCUT2D eigenvalue weighted by atomic mass is 10.1. The van der Waals surface area contributed by atoms with Gasteiger partial charge in [-0.05, 0) is 32.1 Å². The van der Waals surface area contributed by atoms with Crippen LogP contribution in [-0.4, -0.2) is 59.6 Å². The Balaban J connectivity index is 1.90. The van der Waals surface area contributed by atoms with Crippen LogP contribution < -0.4 is 0 Å². The van der Waals surface area contributed by atoms with E-state index >= 15 is 0 Å². The molecule has 0 radical (unpaired) electrons. The quantitative estimate of drug-likeness (QED) is 0.356. The molecule has 1 saturated heterocycles. The van der Waals surface area contributed by atoms with Crippen molar-refractivity contribution in [2.24, 2.45) is 0 Å². The second kappa shape index (κ2) is 12.9. The lowest BCUT2D eigenvalue weighted by molar-refractivity contribution is -0.0813. The van der Waals surface area contributed by atoms with Crippen LogP contribution in [0.5, 0.6) is 0 Å². The van der Waals surface area contributed by atoms with E-state index in [1.165, 1.54) is 25.7 Å². The van der Waals surface area contributed by atoms with Gasteiger partial charge in [0, 0.05) is 6.61 Å². The minimum Gasteiger partial charge on any atom is -0.388 e. The Bertz CT molecular complexity index is 308. The first-order chi connectivity index (χ1) is 11.2. The largest absolute Gasteiger partial charge is 0.388 e. The molecule has 4 atom stereocenters. The monoisotopic (exact) mass is 330 g/mol. The van der Waals surface area contributed by atoms with Crippen LogP contribution >= 0.6 is 0 Å². The number of unbranched alkanes of at least 4 members (excludes halogenated alkanes) is 6. The van der Waals surface area contributed by atoms with Gasteiger partial charge in [0.15, 0.2) is 0 Å². The van der Waals surface area contributed by atoms with Crippen LogP contribution in [0, 0.1) is 0 Å². The Morgan fingerprint density at radius 2 is 1.78 bits per heavy atom. The Kier molecular flexibility index (Phi) is 11.5. The zero-order valence-corrected chi connectivity index (χ0v) is 14.4. The van der Waals surface area contributed by atoms with Crippen molar-refractivity contribution < 1.29 is 24.8 Å². The Morgan fingerprint density at radius 3 is 2.39 bits per heavy atom. The van der Waals surface area contributed by atoms with Crippen molar-refractivity contribution >= 4 is 0 Å². The van der Waals surface area contributed by atoms with Crippen molar-refractivity contribution in [2.45, 2.75) is 82.7 Å². The van der Waals surface area contributed by atoms with Crippen molar-refractivity contribution in [2.75, 3.05) is 19.8 Å². The van der Waals surface area contributed by atoms with Gasteiger partial charge in [-0.2, -0.15) is 0 Å². The summed E-state index contributed by atoms with van der Waals surface area (Å²) >= 11 is 0. The molecule has 23 heavy (non-hydrogen) atoms. The van der Waals surface area contributed by atoms with E-state index in [4.69, 9.17) is 9.47 Å². The first kappa shape index (κ1) is 20.6. The minimum absolute atomic E-state index is 0.0643. The molecule has 0 saturated carbocycles. The maximum Gasteiger partial charge on any atom is 0.114 e. The molecule has 0 aromatic heterocycles. The van der Waals surface area contributed by atoms with E-state index in [0.29, 0.717) is 6.61 Å². The molecular weight excluding hydrogens is 296 g/mol. The second-order valence-corrected chi connectivity index (χ2v) is 6.31. The third kappa shape index (κ3) is 8.82. The number of aliphatic hydroxyl groups is 3. The van der Waals surface area contributed by atoms with Crippen LogP contribution in [0.1, 0.15) is 58.3 Å². The SMILES string of the molecule is CCCCC/C=C/CCCCCOC[C@H](O)[C@H]1OC[C@@H](O)[C@H]1O. The summed E-state index contributed by atoms with van der Waals surface area (Å²) in [6.45, 7) is 3.01. The summed E-state index contributed by atoms with van der Waals surface area (Å²) in [4.78, 5) is 0. The summed E-state index contributed by atoms with van der Waals surface area (Å²) in [7, 11) is 0. The molecule has 1 fully saturated rings. The summed E-state index contributed by atoms with van der Waals surface area (Å²) in [5, 5.41) is 28.8. The normalized spacial score (nSPS) is 26.2. The summed E-state index contributed by atoms with van der Waals surface area (Å²) in [6.07, 6.45) is 10.4. The number of aliphatic hydroxyl groups excluding tert-OH is 3. The van der Waals surface area contributed by atoms with Crippen LogP contribution in [-0.2, 0) is 9.47 Å². The number of ether oxygens (including phenoxy) is 2. The Labute approximate surface area is 140 Å². The van der Waals surface area contributed by atoms with Crippen molar-refractivity contribution in [3.05, 3.63) is 12.2 Å². The predicted octanol–water partition coefficient (Wildman–Crippen LogP) is 2.18. The molecule has 0 aliphatic carbocycles. The van der Waals surface area contributed by atoms with Gasteiger partial charge in [0.25, 0.3) is 0 Å². The first-order valence-corrected chi connectivity index (χ1v) is 9.05. The van der Waals surface area contributed by atoms with E-state index in [1.54, 1.807) is 0 Å². The summed E-state index contributed by atoms with van der Waals surface area (Å²) in [6, 6.07) is 0. The van der Waals surface area contributed by atoms with Crippen LogP contribution in [0.25, 0.3) is 0 Å². The molecule has 1 aliphatic rings. The highest BCUT2D eigenvalue weighted by Gasteiger charge is 2.39. The van der Waals surface area contributed by atoms with Gasteiger partial charge >= 0.3 is 0 Å². The molecule has 136 valence electrons. The molecule has 0 bridgehead atoms. The van der Waals surface area contributed by atoms with Gasteiger partial charge in [0.2, 0.25) is 0 Å². The number of allylic oxidation sites excluding steroid dienone is 2. The van der Waals surface area contributed by atoms with Crippen molar-refractivity contribution in [3.63, 3.8) is 0 Å². The van der Waals surface area contributed by atoms with Gasteiger partial charge < -0.3 is 24.8 Å². The smallest absolute Gasteiger partial charge is 0.114 e. The van der Waals surface area contributed by atoms with Crippen molar-refractivity contribution in [3.8, 4) is 0 Å². The standard InChI is InChI=1S/C18H34O5/c1-2-3-4-5-6-7-8-9-10-11-12-22-13-16(20)18-17(21)15(19)14-23-18/h6-7,15-21H,2-5,8-14H2,1H3/b7-6+/t15-,16+,17-,18-/m1/s1. The highest BCUT2D eigenvalue weighted by Crippen LogP contribution is 2.17. The van der Waals surface area contributed by atoms with Crippen LogP contribution in [0.3, 0.4) is 0 Å². The molecule has 3 N–H and O–H groups in total. The molecule has 0 amide bonds. The van der Waals surface area contributed by atoms with Gasteiger partial charge in [-0.25, -0.2) is 0 Å². The highest BCUT2D eigenvalue weighted by atomic mass is 16.5. The number of hydrogen-bond donors (Lipinski definition) is 3. The first-order valence-electron chi connectivity index (χ1n) is 9.05. The second-order valence-electron chi connectivity index (χ2n) is 6.31. The maximum absolute atomic E-state index is 9.87. The lowest BCUT2D eigenvalue weighted by Gasteiger charge is -2.20. The van der Waals surface area contributed by atoms with Gasteiger partial charge in [0.05, 0.1) is 13.2 Å². The van der Waals surface area contributed by atoms with E-state index in [9.17, 15) is 15.3 Å².